The third kappa shape index (κ3) is 4.66. The van der Waals surface area contributed by atoms with Gasteiger partial charge in [-0.05, 0) is 37.1 Å². The van der Waals surface area contributed by atoms with Gasteiger partial charge in [-0.25, -0.2) is 4.39 Å². The molecule has 0 radical (unpaired) electrons. The Morgan fingerprint density at radius 2 is 1.85 bits per heavy atom. The van der Waals surface area contributed by atoms with E-state index in [0.29, 0.717) is 10.6 Å². The number of aliphatic hydroxyl groups is 1. The molecule has 2 aromatic carbocycles. The van der Waals surface area contributed by atoms with Crippen LogP contribution in [0.5, 0.6) is 5.75 Å². The van der Waals surface area contributed by atoms with Gasteiger partial charge in [-0.3, -0.25) is 24.2 Å². The van der Waals surface area contributed by atoms with Crippen LogP contribution in [0.25, 0.3) is 0 Å². The lowest BCUT2D eigenvalue weighted by atomic mass is 9.87. The van der Waals surface area contributed by atoms with Crippen LogP contribution in [-0.4, -0.2) is 53.8 Å². The third-order valence-electron chi connectivity index (χ3n) is 7.38. The lowest BCUT2D eigenvalue weighted by Crippen LogP contribution is -2.51. The first-order valence-corrected chi connectivity index (χ1v) is 13.5. The van der Waals surface area contributed by atoms with Gasteiger partial charge in [-0.2, -0.15) is 5.10 Å². The normalized spacial score (nSPS) is 21.6. The van der Waals surface area contributed by atoms with Gasteiger partial charge >= 0.3 is 0 Å². The molecule has 12 heteroatoms. The Kier molecular flexibility index (Phi) is 6.82. The van der Waals surface area contributed by atoms with Crippen molar-refractivity contribution in [2.45, 2.75) is 37.3 Å². The van der Waals surface area contributed by atoms with Crippen LogP contribution in [0, 0.1) is 5.82 Å². The van der Waals surface area contributed by atoms with Crippen LogP contribution in [0.3, 0.4) is 0 Å². The summed E-state index contributed by atoms with van der Waals surface area (Å²) >= 11 is 12.2. The van der Waals surface area contributed by atoms with Gasteiger partial charge in [0, 0.05) is 41.7 Å². The number of ether oxygens (including phenoxy) is 1. The van der Waals surface area contributed by atoms with Crippen LogP contribution in [-0.2, 0) is 24.1 Å². The van der Waals surface area contributed by atoms with Crippen molar-refractivity contribution in [2.24, 2.45) is 7.05 Å². The quantitative estimate of drug-likeness (QED) is 0.299. The second-order valence-corrected chi connectivity index (χ2v) is 11.0. The van der Waals surface area contributed by atoms with Crippen LogP contribution < -0.4 is 0 Å². The number of pyridine rings is 1. The Balaban J connectivity index is 1.56. The van der Waals surface area contributed by atoms with Crippen LogP contribution in [0.2, 0.25) is 10.0 Å². The van der Waals surface area contributed by atoms with Gasteiger partial charge < -0.3 is 14.9 Å². The number of benzene rings is 2. The molecule has 6 rings (SSSR count). The van der Waals surface area contributed by atoms with Crippen LogP contribution in [0.15, 0.2) is 61.1 Å². The van der Waals surface area contributed by atoms with Gasteiger partial charge in [0.1, 0.15) is 17.3 Å². The molecule has 2 N–H and O–H groups in total. The van der Waals surface area contributed by atoms with E-state index in [1.165, 1.54) is 40.3 Å². The number of carbonyl (C=O) groups is 2. The Hall–Kier alpha value is -3.83. The predicted molar refractivity (Wildman–Crippen MR) is 146 cm³/mol. The largest absolute Gasteiger partial charge is 0.506 e. The highest BCUT2D eigenvalue weighted by atomic mass is 35.5. The molecular formula is C29H23Cl2FN4O5. The fourth-order valence-corrected chi connectivity index (χ4v) is 5.61. The Bertz CT molecular complexity index is 1690. The predicted octanol–water partition coefficient (Wildman–Crippen LogP) is 4.59. The molecular weight excluding hydrogens is 574 g/mol. The SMILES string of the molecule is Cn1cc(C(=O)c2cc(F)c3c(c2)C(=O)N(Cc2ncc(Cl)cc2O)[C@@]3(OC2CC(O)C2)c2ccc(Cl)cc2)cn1. The number of nitrogens with zero attached hydrogens (tertiary/aromatic N) is 4. The summed E-state index contributed by atoms with van der Waals surface area (Å²) in [7, 11) is 1.65. The minimum Gasteiger partial charge on any atom is -0.506 e. The van der Waals surface area contributed by atoms with Crippen molar-refractivity contribution in [1.82, 2.24) is 19.7 Å². The van der Waals surface area contributed by atoms with Gasteiger partial charge in [-0.15, -0.1) is 0 Å². The van der Waals surface area contributed by atoms with Crippen molar-refractivity contribution in [2.75, 3.05) is 0 Å². The molecule has 0 spiro atoms. The molecule has 2 aromatic heterocycles. The number of halogens is 3. The second-order valence-electron chi connectivity index (χ2n) is 10.1. The molecule has 1 aliphatic carbocycles. The number of fused-ring (bicyclic) bond motifs is 1. The molecule has 210 valence electrons. The highest BCUT2D eigenvalue weighted by Gasteiger charge is 2.56. The number of hydrogen-bond donors (Lipinski definition) is 2. The third-order valence-corrected chi connectivity index (χ3v) is 7.84. The summed E-state index contributed by atoms with van der Waals surface area (Å²) in [4.78, 5) is 32.9. The first-order chi connectivity index (χ1) is 19.6. The fourth-order valence-electron chi connectivity index (χ4n) is 5.33. The summed E-state index contributed by atoms with van der Waals surface area (Å²) in [5.41, 5.74) is -1.35. The van der Waals surface area contributed by atoms with Gasteiger partial charge in [0.2, 0.25) is 5.72 Å². The van der Waals surface area contributed by atoms with Crippen molar-refractivity contribution in [3.63, 3.8) is 0 Å². The van der Waals surface area contributed by atoms with E-state index in [-0.39, 0.29) is 58.1 Å². The monoisotopic (exact) mass is 596 g/mol. The van der Waals surface area contributed by atoms with Crippen molar-refractivity contribution in [3.8, 4) is 5.75 Å². The van der Waals surface area contributed by atoms with E-state index in [1.54, 1.807) is 31.3 Å². The van der Waals surface area contributed by atoms with Gasteiger partial charge in [0.15, 0.2) is 5.78 Å². The molecule has 1 amide bonds. The summed E-state index contributed by atoms with van der Waals surface area (Å²) in [6.07, 6.45) is 3.61. The fraction of sp³-hybridized carbons (Fsp3) is 0.241. The molecule has 1 atom stereocenters. The Morgan fingerprint density at radius 1 is 1.12 bits per heavy atom. The first kappa shape index (κ1) is 27.3. The van der Waals surface area contributed by atoms with Crippen LogP contribution in [0.1, 0.15) is 55.9 Å². The number of aromatic hydroxyl groups is 1. The molecule has 1 saturated carbocycles. The first-order valence-electron chi connectivity index (χ1n) is 12.7. The Labute approximate surface area is 243 Å². The molecule has 0 saturated heterocycles. The Morgan fingerprint density at radius 3 is 2.49 bits per heavy atom. The summed E-state index contributed by atoms with van der Waals surface area (Å²) in [5, 5.41) is 25.2. The molecule has 0 bridgehead atoms. The van der Waals surface area contributed by atoms with Crippen LogP contribution in [0.4, 0.5) is 4.39 Å². The van der Waals surface area contributed by atoms with Crippen LogP contribution >= 0.6 is 23.2 Å². The second kappa shape index (κ2) is 10.2. The number of hydrogen-bond acceptors (Lipinski definition) is 7. The minimum absolute atomic E-state index is 0.0408. The maximum atomic E-state index is 16.4. The highest BCUT2D eigenvalue weighted by Crippen LogP contribution is 2.50. The zero-order valence-electron chi connectivity index (χ0n) is 21.6. The number of rotatable bonds is 7. The van der Waals surface area contributed by atoms with Gasteiger partial charge in [0.05, 0.1) is 46.7 Å². The molecule has 2 aliphatic rings. The van der Waals surface area contributed by atoms with E-state index in [2.05, 4.69) is 10.1 Å². The average Bonchev–Trinajstić information content (AvgIpc) is 3.45. The van der Waals surface area contributed by atoms with Crippen molar-refractivity contribution >= 4 is 34.9 Å². The molecule has 9 nitrogen and oxygen atoms in total. The van der Waals surface area contributed by atoms with E-state index < -0.39 is 35.4 Å². The van der Waals surface area contributed by atoms with E-state index in [1.807, 2.05) is 0 Å². The summed E-state index contributed by atoms with van der Waals surface area (Å²) in [6.45, 7) is -0.292. The maximum absolute atomic E-state index is 16.4. The highest BCUT2D eigenvalue weighted by molar-refractivity contribution is 6.30. The zero-order chi connectivity index (χ0) is 29.1. The average molecular weight is 597 g/mol. The zero-order valence-corrected chi connectivity index (χ0v) is 23.1. The van der Waals surface area contributed by atoms with E-state index >= 15 is 4.39 Å². The summed E-state index contributed by atoms with van der Waals surface area (Å²) < 4.78 is 24.4. The minimum atomic E-state index is -1.84. The number of ketones is 1. The van der Waals surface area contributed by atoms with Gasteiger partial charge in [0.25, 0.3) is 5.91 Å². The number of amides is 1. The number of carbonyl (C=O) groups excluding carboxylic acids is 2. The molecule has 4 aromatic rings. The van der Waals surface area contributed by atoms with Crippen molar-refractivity contribution in [3.05, 3.63) is 110 Å². The lowest BCUT2D eigenvalue weighted by molar-refractivity contribution is -0.191. The molecule has 1 fully saturated rings. The summed E-state index contributed by atoms with van der Waals surface area (Å²) in [6, 6.07) is 10.1. The van der Waals surface area contributed by atoms with Crippen molar-refractivity contribution < 1.29 is 28.9 Å². The lowest BCUT2D eigenvalue weighted by Gasteiger charge is -2.45. The van der Waals surface area contributed by atoms with Crippen molar-refractivity contribution in [1.29, 1.82) is 0 Å². The number of aliphatic hydroxyl groups excluding tert-OH is 1. The molecule has 41 heavy (non-hydrogen) atoms. The van der Waals surface area contributed by atoms with E-state index in [4.69, 9.17) is 27.9 Å². The van der Waals surface area contributed by atoms with E-state index in [9.17, 15) is 19.8 Å². The smallest absolute Gasteiger partial charge is 0.257 e. The molecule has 0 unspecified atom stereocenters. The molecule has 1 aliphatic heterocycles. The van der Waals surface area contributed by atoms with Gasteiger partial charge in [-0.1, -0.05) is 35.3 Å². The molecule has 3 heterocycles. The number of aryl methyl sites for hydroxylation is 1. The standard InChI is InChI=1S/C29H23Cl2FN4O5/c1-35-13-16(11-34-35)27(39)15-6-22-26(23(32)7-15)29(41-21-9-20(37)10-21,17-2-4-18(30)5-3-17)36(28(22)40)14-24-25(38)8-19(31)12-33-24/h2-8,11-13,20-21,37-38H,9-10,14H2,1H3/t20?,21?,29-/m1/s1. The number of aromatic nitrogens is 3. The maximum Gasteiger partial charge on any atom is 0.257 e. The van der Waals surface area contributed by atoms with E-state index in [0.717, 1.165) is 6.07 Å². The topological polar surface area (TPSA) is 118 Å². The summed E-state index contributed by atoms with van der Waals surface area (Å²) in [5.74, 6) is -2.26.